The number of nitrogens with two attached hydrogens (primary N) is 1. The van der Waals surface area contributed by atoms with Crippen LogP contribution in [0, 0.1) is 11.8 Å². The van der Waals surface area contributed by atoms with Crippen molar-refractivity contribution >= 4 is 28.9 Å². The number of aliphatic hydroxyl groups excluding tert-OH is 2. The highest BCUT2D eigenvalue weighted by atomic mass is 16.3. The van der Waals surface area contributed by atoms with Crippen LogP contribution in [0.1, 0.15) is 62.6 Å². The summed E-state index contributed by atoms with van der Waals surface area (Å²) in [5, 5.41) is 46.3. The molecule has 43 heavy (non-hydrogen) atoms. The van der Waals surface area contributed by atoms with Crippen LogP contribution in [0.3, 0.4) is 0 Å². The average molecular weight is 599 g/mol. The molecule has 1 fully saturated rings. The van der Waals surface area contributed by atoms with E-state index in [4.69, 9.17) is 5.73 Å². The average Bonchev–Trinajstić information content (AvgIpc) is 2.92. The van der Waals surface area contributed by atoms with Gasteiger partial charge in [0, 0.05) is 43.4 Å². The van der Waals surface area contributed by atoms with Gasteiger partial charge in [-0.05, 0) is 70.4 Å². The lowest BCUT2D eigenvalue weighted by atomic mass is 9.57. The van der Waals surface area contributed by atoms with E-state index in [0.29, 0.717) is 17.7 Å². The molecule has 1 amide bonds. The zero-order chi connectivity index (χ0) is 32.0. The summed E-state index contributed by atoms with van der Waals surface area (Å²) in [4.78, 5) is 45.4. The Hall–Kier alpha value is -3.41. The molecule has 1 aromatic rings. The number of amides is 1. The fourth-order valence-electron chi connectivity index (χ4n) is 7.14. The molecule has 3 aliphatic carbocycles. The van der Waals surface area contributed by atoms with Crippen LogP contribution in [0.15, 0.2) is 23.0 Å². The number of anilines is 1. The van der Waals surface area contributed by atoms with Gasteiger partial charge in [0.15, 0.2) is 11.4 Å². The van der Waals surface area contributed by atoms with Crippen molar-refractivity contribution < 1.29 is 34.8 Å². The first-order valence-corrected chi connectivity index (χ1v) is 15.1. The molecule has 0 radical (unpaired) electrons. The Balaban J connectivity index is 1.90. The summed E-state index contributed by atoms with van der Waals surface area (Å²) < 4.78 is 0. The number of benzene rings is 1. The van der Waals surface area contributed by atoms with E-state index >= 15 is 0 Å². The van der Waals surface area contributed by atoms with Crippen molar-refractivity contribution in [1.29, 1.82) is 0 Å². The number of Topliss-reactive ketones (excluding diaryl/α,β-unsaturated/α-hetero) is 2. The van der Waals surface area contributed by atoms with E-state index in [2.05, 4.69) is 18.7 Å². The van der Waals surface area contributed by atoms with E-state index in [1.165, 1.54) is 4.90 Å². The molecule has 0 heterocycles. The molecule has 11 nitrogen and oxygen atoms in total. The zero-order valence-electron chi connectivity index (χ0n) is 26.1. The summed E-state index contributed by atoms with van der Waals surface area (Å²) >= 11 is 0. The molecule has 4 atom stereocenters. The number of phenolic OH excluding ortho intramolecular Hbond substituents is 1. The van der Waals surface area contributed by atoms with Gasteiger partial charge in [-0.15, -0.1) is 0 Å². The summed E-state index contributed by atoms with van der Waals surface area (Å²) in [6.45, 7) is 6.41. The second-order valence-electron chi connectivity index (χ2n) is 12.6. The highest BCUT2D eigenvalue weighted by Gasteiger charge is 2.64. The van der Waals surface area contributed by atoms with Crippen LogP contribution in [-0.2, 0) is 27.3 Å². The Morgan fingerprint density at radius 2 is 1.65 bits per heavy atom. The number of hydrogen-bond donors (Lipinski definition) is 5. The minimum atomic E-state index is -2.65. The third kappa shape index (κ3) is 5.32. The number of aromatic hydroxyl groups is 1. The number of primary amides is 1. The minimum Gasteiger partial charge on any atom is -0.508 e. The van der Waals surface area contributed by atoms with Crippen molar-refractivity contribution in [3.05, 3.63) is 39.7 Å². The largest absolute Gasteiger partial charge is 0.508 e. The van der Waals surface area contributed by atoms with Crippen LogP contribution in [-0.4, -0.2) is 101 Å². The van der Waals surface area contributed by atoms with Crippen LogP contribution < -0.4 is 10.6 Å². The van der Waals surface area contributed by atoms with E-state index in [1.807, 2.05) is 25.1 Å². The summed E-state index contributed by atoms with van der Waals surface area (Å²) in [5.74, 6) is -6.42. The summed E-state index contributed by atoms with van der Waals surface area (Å²) in [5.41, 5.74) is 3.99. The van der Waals surface area contributed by atoms with Gasteiger partial charge in [0.25, 0.3) is 5.91 Å². The molecule has 3 aliphatic rings. The molecular formula is C32H46N4O7. The van der Waals surface area contributed by atoms with Crippen molar-refractivity contribution in [2.24, 2.45) is 17.6 Å². The van der Waals surface area contributed by atoms with Crippen molar-refractivity contribution in [2.75, 3.05) is 46.2 Å². The third-order valence-corrected chi connectivity index (χ3v) is 9.31. The maximum absolute atomic E-state index is 14.2. The highest BCUT2D eigenvalue weighted by Crippen LogP contribution is 2.54. The second kappa shape index (κ2) is 12.3. The van der Waals surface area contributed by atoms with Gasteiger partial charge in [0.05, 0.1) is 11.6 Å². The number of unbranched alkanes of at least 4 members (excludes halogenated alkanes) is 2. The maximum atomic E-state index is 14.2. The topological polar surface area (TPSA) is 168 Å². The van der Waals surface area contributed by atoms with Gasteiger partial charge in [0.2, 0.25) is 5.78 Å². The van der Waals surface area contributed by atoms with Crippen LogP contribution >= 0.6 is 0 Å². The number of hydrogen-bond acceptors (Lipinski definition) is 10. The maximum Gasteiger partial charge on any atom is 0.255 e. The van der Waals surface area contributed by atoms with Gasteiger partial charge >= 0.3 is 0 Å². The molecule has 11 heteroatoms. The molecule has 4 unspecified atom stereocenters. The third-order valence-electron chi connectivity index (χ3n) is 9.31. The first-order chi connectivity index (χ1) is 20.2. The molecule has 4 rings (SSSR count). The van der Waals surface area contributed by atoms with Gasteiger partial charge in [-0.1, -0.05) is 26.7 Å². The SMILES string of the molecule is CCCCN(CCCC)Cc1cc(N(C)C)c2c(c1O)C(O)=C1C(=O)C3(O)C(O)=C(C(N)=O)C(=O)C(N(C)C)C3CC1C2. The van der Waals surface area contributed by atoms with Gasteiger partial charge in [-0.25, -0.2) is 0 Å². The molecule has 1 aromatic carbocycles. The normalized spacial score (nSPS) is 25.3. The Morgan fingerprint density at radius 1 is 1.05 bits per heavy atom. The molecule has 236 valence electrons. The van der Waals surface area contributed by atoms with Gasteiger partial charge in [-0.3, -0.25) is 24.2 Å². The smallest absolute Gasteiger partial charge is 0.255 e. The number of carbonyl (C=O) groups is 3. The predicted octanol–water partition coefficient (Wildman–Crippen LogP) is 2.43. The molecule has 0 bridgehead atoms. The number of fused-ring (bicyclic) bond motifs is 3. The summed E-state index contributed by atoms with van der Waals surface area (Å²) in [7, 11) is 6.92. The molecular weight excluding hydrogens is 552 g/mol. The quantitative estimate of drug-likeness (QED) is 0.239. The van der Waals surface area contributed by atoms with Crippen molar-refractivity contribution in [1.82, 2.24) is 9.80 Å². The highest BCUT2D eigenvalue weighted by molar-refractivity contribution is 6.24. The first kappa shape index (κ1) is 32.5. The van der Waals surface area contributed by atoms with E-state index in [9.17, 15) is 34.8 Å². The van der Waals surface area contributed by atoms with E-state index < -0.39 is 58.0 Å². The lowest BCUT2D eigenvalue weighted by Gasteiger charge is -2.50. The van der Waals surface area contributed by atoms with Crippen LogP contribution in [0.5, 0.6) is 5.75 Å². The number of likely N-dealkylation sites (N-methyl/N-ethyl adjacent to an activating group) is 1. The van der Waals surface area contributed by atoms with Gasteiger partial charge < -0.3 is 31.1 Å². The molecule has 1 saturated carbocycles. The number of aliphatic hydroxyl groups is 3. The van der Waals surface area contributed by atoms with Crippen LogP contribution in [0.2, 0.25) is 0 Å². The zero-order valence-corrected chi connectivity index (χ0v) is 26.1. The van der Waals surface area contributed by atoms with Crippen molar-refractivity contribution in [3.8, 4) is 5.75 Å². The predicted molar refractivity (Wildman–Crippen MR) is 164 cm³/mol. The second-order valence-corrected chi connectivity index (χ2v) is 12.6. The monoisotopic (exact) mass is 598 g/mol. The lowest BCUT2D eigenvalue weighted by Crippen LogP contribution is -2.65. The standard InChI is InChI=1S/C32H46N4O7/c1-7-9-11-36(12-10-8-2)16-18-15-21(34(3)4)19-13-17-14-20-25(35(5)6)28(39)24(31(33)42)30(41)32(20,43)29(40)22(17)27(38)23(19)26(18)37/h15,17,20,25,37-38,41,43H,7-14,16H2,1-6H3,(H2,33,42). The molecule has 0 aromatic heterocycles. The number of rotatable bonds is 11. The number of nitrogens with zero attached hydrogens (tertiary/aromatic N) is 3. The van der Waals surface area contributed by atoms with E-state index in [0.717, 1.165) is 44.5 Å². The summed E-state index contributed by atoms with van der Waals surface area (Å²) in [6, 6.07) is 0.817. The minimum absolute atomic E-state index is 0.0585. The Labute approximate surface area is 253 Å². The summed E-state index contributed by atoms with van der Waals surface area (Å²) in [6.07, 6.45) is 4.38. The lowest BCUT2D eigenvalue weighted by molar-refractivity contribution is -0.153. The number of carbonyl (C=O) groups excluding carboxylic acids is 3. The van der Waals surface area contributed by atoms with Gasteiger partial charge in [0.1, 0.15) is 22.8 Å². The molecule has 0 saturated heterocycles. The van der Waals surface area contributed by atoms with E-state index in [-0.39, 0.29) is 29.7 Å². The Morgan fingerprint density at radius 3 is 2.16 bits per heavy atom. The Bertz CT molecular complexity index is 1370. The van der Waals surface area contributed by atoms with E-state index in [1.54, 1.807) is 14.1 Å². The van der Waals surface area contributed by atoms with Crippen molar-refractivity contribution in [3.63, 3.8) is 0 Å². The fraction of sp³-hybridized carbons (Fsp3) is 0.594. The number of ketones is 2. The number of phenols is 1. The van der Waals surface area contributed by atoms with Crippen molar-refractivity contribution in [2.45, 2.75) is 70.6 Å². The molecule has 6 N–H and O–H groups in total. The first-order valence-electron chi connectivity index (χ1n) is 15.1. The molecule has 0 spiro atoms. The fourth-order valence-corrected chi connectivity index (χ4v) is 7.14. The van der Waals surface area contributed by atoms with Gasteiger partial charge in [-0.2, -0.15) is 0 Å². The van der Waals surface area contributed by atoms with Crippen LogP contribution in [0.4, 0.5) is 5.69 Å². The van der Waals surface area contributed by atoms with Crippen LogP contribution in [0.25, 0.3) is 5.76 Å². The Kier molecular flexibility index (Phi) is 9.30. The molecule has 0 aliphatic heterocycles.